The van der Waals surface area contributed by atoms with E-state index < -0.39 is 0 Å². The summed E-state index contributed by atoms with van der Waals surface area (Å²) < 4.78 is 0. The number of carbonyl (C=O) groups excluding carboxylic acids is 1. The van der Waals surface area contributed by atoms with Crippen LogP contribution in [-0.2, 0) is 4.79 Å². The number of hydrogen-bond donors (Lipinski definition) is 1. The molecule has 0 spiro atoms. The number of carbonyl (C=O) groups is 1. The van der Waals surface area contributed by atoms with Crippen molar-refractivity contribution in [3.63, 3.8) is 0 Å². The lowest BCUT2D eigenvalue weighted by molar-refractivity contribution is -0.127. The second-order valence-electron chi connectivity index (χ2n) is 5.77. The summed E-state index contributed by atoms with van der Waals surface area (Å²) in [4.78, 5) is 12.1. The first-order chi connectivity index (χ1) is 7.58. The van der Waals surface area contributed by atoms with Gasteiger partial charge in [-0.3, -0.25) is 4.79 Å². The zero-order valence-corrected chi connectivity index (χ0v) is 11.0. The third kappa shape index (κ3) is 2.53. The normalized spacial score (nSPS) is 35.3. The number of nitrogens with one attached hydrogen (secondary N) is 1. The van der Waals surface area contributed by atoms with Gasteiger partial charge in [-0.15, -0.1) is 11.6 Å². The van der Waals surface area contributed by atoms with Gasteiger partial charge in [-0.2, -0.15) is 0 Å². The van der Waals surface area contributed by atoms with Crippen LogP contribution >= 0.6 is 11.6 Å². The molecule has 0 radical (unpaired) electrons. The molecule has 1 amide bonds. The summed E-state index contributed by atoms with van der Waals surface area (Å²) in [5, 5.41) is 3.20. The molecule has 0 aromatic carbocycles. The van der Waals surface area contributed by atoms with Gasteiger partial charge in [0, 0.05) is 17.3 Å². The summed E-state index contributed by atoms with van der Waals surface area (Å²) >= 11 is 5.79. The van der Waals surface area contributed by atoms with Crippen molar-refractivity contribution in [3.8, 4) is 0 Å². The van der Waals surface area contributed by atoms with Crippen LogP contribution in [0.3, 0.4) is 0 Å². The molecule has 3 unspecified atom stereocenters. The maximum absolute atomic E-state index is 12.1. The summed E-state index contributed by atoms with van der Waals surface area (Å²) in [6.07, 6.45) is 5.42. The summed E-state index contributed by atoms with van der Waals surface area (Å²) in [6, 6.07) is 0. The number of halogens is 1. The van der Waals surface area contributed by atoms with Crippen LogP contribution in [0.2, 0.25) is 0 Å². The van der Waals surface area contributed by atoms with Gasteiger partial charge in [0.1, 0.15) is 0 Å². The molecule has 1 N–H and O–H groups in total. The highest BCUT2D eigenvalue weighted by Gasteiger charge is 2.48. The average molecular weight is 244 g/mol. The Morgan fingerprint density at radius 3 is 2.50 bits per heavy atom. The van der Waals surface area contributed by atoms with Crippen molar-refractivity contribution in [1.29, 1.82) is 0 Å². The van der Waals surface area contributed by atoms with E-state index in [1.165, 1.54) is 6.42 Å². The summed E-state index contributed by atoms with van der Waals surface area (Å²) in [5.74, 6) is 2.90. The predicted octanol–water partition coefficient (Wildman–Crippen LogP) is 2.95. The van der Waals surface area contributed by atoms with E-state index >= 15 is 0 Å². The molecule has 0 aliphatic heterocycles. The standard InChI is InChI=1S/C13H22ClNO/c1-3-13(2,4-5-14)15-12(16)11-7-9-6-10(9)8-11/h9-11H,3-8H2,1-2H3,(H,15,16). The Kier molecular flexibility index (Phi) is 3.48. The monoisotopic (exact) mass is 243 g/mol. The van der Waals surface area contributed by atoms with E-state index in [0.717, 1.165) is 37.5 Å². The van der Waals surface area contributed by atoms with E-state index in [-0.39, 0.29) is 17.4 Å². The van der Waals surface area contributed by atoms with E-state index in [1.807, 2.05) is 0 Å². The Labute approximate surface area is 103 Å². The molecule has 2 rings (SSSR count). The Hall–Kier alpha value is -0.240. The van der Waals surface area contributed by atoms with Gasteiger partial charge in [0.25, 0.3) is 0 Å². The zero-order chi connectivity index (χ0) is 11.8. The van der Waals surface area contributed by atoms with Gasteiger partial charge < -0.3 is 5.32 Å². The van der Waals surface area contributed by atoms with Crippen molar-refractivity contribution in [3.05, 3.63) is 0 Å². The molecule has 0 aromatic heterocycles. The van der Waals surface area contributed by atoms with Crippen molar-refractivity contribution >= 4 is 17.5 Å². The van der Waals surface area contributed by atoms with E-state index in [0.29, 0.717) is 5.88 Å². The molecule has 92 valence electrons. The smallest absolute Gasteiger partial charge is 0.223 e. The van der Waals surface area contributed by atoms with Crippen LogP contribution in [0.1, 0.15) is 46.0 Å². The quantitative estimate of drug-likeness (QED) is 0.740. The lowest BCUT2D eigenvalue weighted by Crippen LogP contribution is -2.48. The van der Waals surface area contributed by atoms with Crippen LogP contribution in [0.4, 0.5) is 0 Å². The van der Waals surface area contributed by atoms with Gasteiger partial charge in [0.15, 0.2) is 0 Å². The van der Waals surface area contributed by atoms with Crippen LogP contribution in [0.5, 0.6) is 0 Å². The highest BCUT2D eigenvalue weighted by Crippen LogP contribution is 2.54. The van der Waals surface area contributed by atoms with Crippen molar-refractivity contribution in [1.82, 2.24) is 5.32 Å². The van der Waals surface area contributed by atoms with Crippen molar-refractivity contribution in [2.75, 3.05) is 5.88 Å². The molecule has 3 heteroatoms. The SMILES string of the molecule is CCC(C)(CCCl)NC(=O)C1CC2CC2C1. The highest BCUT2D eigenvalue weighted by molar-refractivity contribution is 6.17. The number of amides is 1. The molecular formula is C13H22ClNO. The highest BCUT2D eigenvalue weighted by atomic mass is 35.5. The lowest BCUT2D eigenvalue weighted by Gasteiger charge is -2.30. The number of hydrogen-bond acceptors (Lipinski definition) is 1. The molecule has 2 fully saturated rings. The first-order valence-electron chi connectivity index (χ1n) is 6.46. The average Bonchev–Trinajstić information content (AvgIpc) is 2.86. The Balaban J connectivity index is 1.85. The third-order valence-corrected chi connectivity index (χ3v) is 4.65. The van der Waals surface area contributed by atoms with Gasteiger partial charge in [-0.05, 0) is 50.9 Å². The second kappa shape index (κ2) is 4.56. The summed E-state index contributed by atoms with van der Waals surface area (Å²) in [6.45, 7) is 4.21. The molecule has 0 aromatic rings. The van der Waals surface area contributed by atoms with E-state index in [2.05, 4.69) is 19.2 Å². The summed E-state index contributed by atoms with van der Waals surface area (Å²) in [7, 11) is 0. The van der Waals surface area contributed by atoms with Crippen LogP contribution in [-0.4, -0.2) is 17.3 Å². The van der Waals surface area contributed by atoms with Crippen LogP contribution in [0.25, 0.3) is 0 Å². The minimum Gasteiger partial charge on any atom is -0.351 e. The van der Waals surface area contributed by atoms with E-state index in [9.17, 15) is 4.79 Å². The Bertz CT molecular complexity index is 271. The molecule has 2 saturated carbocycles. The van der Waals surface area contributed by atoms with Crippen LogP contribution in [0.15, 0.2) is 0 Å². The molecule has 2 aliphatic rings. The van der Waals surface area contributed by atoms with Gasteiger partial charge in [0.05, 0.1) is 0 Å². The first-order valence-corrected chi connectivity index (χ1v) is 6.99. The fraction of sp³-hybridized carbons (Fsp3) is 0.923. The molecule has 2 aliphatic carbocycles. The number of rotatable bonds is 5. The molecular weight excluding hydrogens is 222 g/mol. The third-order valence-electron chi connectivity index (χ3n) is 4.47. The lowest BCUT2D eigenvalue weighted by atomic mass is 9.93. The summed E-state index contributed by atoms with van der Waals surface area (Å²) in [5.41, 5.74) is -0.106. The van der Waals surface area contributed by atoms with E-state index in [4.69, 9.17) is 11.6 Å². The van der Waals surface area contributed by atoms with Crippen molar-refractivity contribution < 1.29 is 4.79 Å². The number of alkyl halides is 1. The van der Waals surface area contributed by atoms with Gasteiger partial charge >= 0.3 is 0 Å². The molecule has 3 atom stereocenters. The van der Waals surface area contributed by atoms with Crippen molar-refractivity contribution in [2.45, 2.75) is 51.5 Å². The fourth-order valence-electron chi connectivity index (χ4n) is 2.86. The Morgan fingerprint density at radius 2 is 2.00 bits per heavy atom. The molecule has 0 bridgehead atoms. The molecule has 2 nitrogen and oxygen atoms in total. The van der Waals surface area contributed by atoms with Gasteiger partial charge in [0.2, 0.25) is 5.91 Å². The minimum absolute atomic E-state index is 0.106. The molecule has 0 saturated heterocycles. The number of fused-ring (bicyclic) bond motifs is 1. The molecule has 0 heterocycles. The Morgan fingerprint density at radius 1 is 1.38 bits per heavy atom. The first kappa shape index (κ1) is 12.2. The zero-order valence-electron chi connectivity index (χ0n) is 10.3. The predicted molar refractivity (Wildman–Crippen MR) is 66.5 cm³/mol. The minimum atomic E-state index is -0.106. The fourth-order valence-corrected chi connectivity index (χ4v) is 3.28. The van der Waals surface area contributed by atoms with E-state index in [1.54, 1.807) is 0 Å². The maximum atomic E-state index is 12.1. The van der Waals surface area contributed by atoms with Gasteiger partial charge in [-0.1, -0.05) is 6.92 Å². The maximum Gasteiger partial charge on any atom is 0.223 e. The van der Waals surface area contributed by atoms with Crippen LogP contribution < -0.4 is 5.32 Å². The molecule has 16 heavy (non-hydrogen) atoms. The largest absolute Gasteiger partial charge is 0.351 e. The van der Waals surface area contributed by atoms with Crippen LogP contribution in [0, 0.1) is 17.8 Å². The van der Waals surface area contributed by atoms with Gasteiger partial charge in [-0.25, -0.2) is 0 Å². The second-order valence-corrected chi connectivity index (χ2v) is 6.14. The van der Waals surface area contributed by atoms with Crippen molar-refractivity contribution in [2.24, 2.45) is 17.8 Å². The topological polar surface area (TPSA) is 29.1 Å².